The number of nitriles is 1. The molecule has 0 spiro atoms. The Labute approximate surface area is 73.6 Å². The molecule has 0 amide bonds. The van der Waals surface area contributed by atoms with Gasteiger partial charge >= 0.3 is 0 Å². The summed E-state index contributed by atoms with van der Waals surface area (Å²) >= 11 is 0. The molecule has 0 atom stereocenters. The molecule has 1 heteroatoms. The summed E-state index contributed by atoms with van der Waals surface area (Å²) in [5.41, 5.74) is 3.14. The van der Waals surface area contributed by atoms with Crippen LogP contribution in [0.25, 0.3) is 0 Å². The molecule has 0 heterocycles. The molecule has 0 aliphatic carbocycles. The van der Waals surface area contributed by atoms with Crippen molar-refractivity contribution in [3.8, 4) is 6.07 Å². The summed E-state index contributed by atoms with van der Waals surface area (Å²) in [5, 5.41) is 8.76. The van der Waals surface area contributed by atoms with Crippen LogP contribution in [-0.4, -0.2) is 0 Å². The second-order valence-electron chi connectivity index (χ2n) is 3.01. The van der Waals surface area contributed by atoms with Gasteiger partial charge in [0.1, 0.15) is 0 Å². The number of benzene rings is 1. The summed E-state index contributed by atoms with van der Waals surface area (Å²) < 4.78 is 0. The quantitative estimate of drug-likeness (QED) is 0.651. The molecular formula is C11H13N. The number of hydrogen-bond donors (Lipinski definition) is 0. The summed E-state index contributed by atoms with van der Waals surface area (Å²) in [6, 6.07) is 8.29. The molecule has 0 radical (unpaired) electrons. The third-order valence-electron chi connectivity index (χ3n) is 1.96. The molecule has 0 saturated heterocycles. The van der Waals surface area contributed by atoms with E-state index in [2.05, 4.69) is 19.1 Å². The zero-order valence-corrected chi connectivity index (χ0v) is 7.59. The normalized spacial score (nSPS) is 9.42. The maximum absolute atomic E-state index is 8.76. The fourth-order valence-corrected chi connectivity index (χ4v) is 1.23. The van der Waals surface area contributed by atoms with Gasteiger partial charge in [0.25, 0.3) is 0 Å². The van der Waals surface area contributed by atoms with Gasteiger partial charge in [0.15, 0.2) is 0 Å². The molecular weight excluding hydrogens is 146 g/mol. The first kappa shape index (κ1) is 8.80. The Balaban J connectivity index is 2.99. The zero-order chi connectivity index (χ0) is 8.97. The average Bonchev–Trinajstić information content (AvgIpc) is 2.09. The molecule has 1 nitrogen and oxygen atoms in total. The van der Waals surface area contributed by atoms with E-state index in [1.54, 1.807) is 0 Å². The van der Waals surface area contributed by atoms with Crippen molar-refractivity contribution in [3.05, 3.63) is 34.9 Å². The molecule has 0 unspecified atom stereocenters. The molecule has 0 aliphatic rings. The first-order valence-electron chi connectivity index (χ1n) is 4.27. The number of hydrogen-bond acceptors (Lipinski definition) is 1. The van der Waals surface area contributed by atoms with E-state index >= 15 is 0 Å². The molecule has 1 aromatic rings. The highest BCUT2D eigenvalue weighted by Gasteiger charge is 1.97. The van der Waals surface area contributed by atoms with E-state index in [0.29, 0.717) is 0 Å². The molecule has 0 bridgehead atoms. The maximum Gasteiger partial charge on any atom is 0.0994 e. The van der Waals surface area contributed by atoms with E-state index in [1.165, 1.54) is 5.56 Å². The first-order chi connectivity index (χ1) is 5.77. The van der Waals surface area contributed by atoms with Gasteiger partial charge in [-0.05, 0) is 30.5 Å². The average molecular weight is 159 g/mol. The van der Waals surface area contributed by atoms with Crippen molar-refractivity contribution < 1.29 is 0 Å². The summed E-state index contributed by atoms with van der Waals surface area (Å²) in [6.45, 7) is 4.11. The second kappa shape index (κ2) is 3.92. The van der Waals surface area contributed by atoms with Gasteiger partial charge in [-0.2, -0.15) is 5.26 Å². The Bertz CT molecular complexity index is 307. The van der Waals surface area contributed by atoms with E-state index in [-0.39, 0.29) is 0 Å². The minimum atomic E-state index is 0.806. The molecule has 0 aliphatic heterocycles. The van der Waals surface area contributed by atoms with Crippen molar-refractivity contribution in [1.29, 1.82) is 5.26 Å². The summed E-state index contributed by atoms with van der Waals surface area (Å²) in [7, 11) is 0. The fourth-order valence-electron chi connectivity index (χ4n) is 1.23. The SMILES string of the molecule is CCCc1ccc(C)c(C#N)c1. The Hall–Kier alpha value is -1.29. The first-order valence-corrected chi connectivity index (χ1v) is 4.27. The lowest BCUT2D eigenvalue weighted by Gasteiger charge is -2.01. The third-order valence-corrected chi connectivity index (χ3v) is 1.96. The largest absolute Gasteiger partial charge is 0.192 e. The molecule has 0 fully saturated rings. The highest BCUT2D eigenvalue weighted by Crippen LogP contribution is 2.11. The smallest absolute Gasteiger partial charge is 0.0994 e. The predicted octanol–water partition coefficient (Wildman–Crippen LogP) is 2.82. The summed E-state index contributed by atoms with van der Waals surface area (Å²) in [6.07, 6.45) is 2.20. The highest BCUT2D eigenvalue weighted by molar-refractivity contribution is 5.39. The molecule has 1 aromatic carbocycles. The van der Waals surface area contributed by atoms with Gasteiger partial charge in [0, 0.05) is 0 Å². The number of nitrogens with zero attached hydrogens (tertiary/aromatic N) is 1. The molecule has 1 rings (SSSR count). The summed E-state index contributed by atoms with van der Waals surface area (Å²) in [5.74, 6) is 0. The van der Waals surface area contributed by atoms with Crippen LogP contribution in [0.3, 0.4) is 0 Å². The number of rotatable bonds is 2. The van der Waals surface area contributed by atoms with E-state index < -0.39 is 0 Å². The fraction of sp³-hybridized carbons (Fsp3) is 0.364. The van der Waals surface area contributed by atoms with Gasteiger partial charge in [-0.3, -0.25) is 0 Å². The predicted molar refractivity (Wildman–Crippen MR) is 49.9 cm³/mol. The molecule has 12 heavy (non-hydrogen) atoms. The van der Waals surface area contributed by atoms with Crippen LogP contribution in [0, 0.1) is 18.3 Å². The minimum Gasteiger partial charge on any atom is -0.192 e. The van der Waals surface area contributed by atoms with Crippen LogP contribution in [0.15, 0.2) is 18.2 Å². The van der Waals surface area contributed by atoms with Crippen molar-refractivity contribution in [2.75, 3.05) is 0 Å². The Morgan fingerprint density at radius 1 is 1.42 bits per heavy atom. The number of aryl methyl sites for hydroxylation is 2. The van der Waals surface area contributed by atoms with E-state index in [0.717, 1.165) is 24.0 Å². The molecule has 0 N–H and O–H groups in total. The lowest BCUT2D eigenvalue weighted by atomic mass is 10.0. The standard InChI is InChI=1S/C11H13N/c1-3-4-10-6-5-9(2)11(7-10)8-12/h5-7H,3-4H2,1-2H3. The van der Waals surface area contributed by atoms with Crippen molar-refractivity contribution in [1.82, 2.24) is 0 Å². The zero-order valence-electron chi connectivity index (χ0n) is 7.59. The molecule has 62 valence electrons. The lowest BCUT2D eigenvalue weighted by molar-refractivity contribution is 0.920. The van der Waals surface area contributed by atoms with Gasteiger partial charge in [-0.25, -0.2) is 0 Å². The van der Waals surface area contributed by atoms with Gasteiger partial charge in [0.2, 0.25) is 0 Å². The van der Waals surface area contributed by atoms with Crippen LogP contribution in [0.5, 0.6) is 0 Å². The Kier molecular flexibility index (Phi) is 2.88. The van der Waals surface area contributed by atoms with Crippen LogP contribution in [0.4, 0.5) is 0 Å². The van der Waals surface area contributed by atoms with Crippen LogP contribution in [0.2, 0.25) is 0 Å². The van der Waals surface area contributed by atoms with Crippen molar-refractivity contribution in [2.24, 2.45) is 0 Å². The van der Waals surface area contributed by atoms with Crippen LogP contribution < -0.4 is 0 Å². The van der Waals surface area contributed by atoms with Gasteiger partial charge in [-0.15, -0.1) is 0 Å². The second-order valence-corrected chi connectivity index (χ2v) is 3.01. The van der Waals surface area contributed by atoms with Gasteiger partial charge < -0.3 is 0 Å². The Morgan fingerprint density at radius 2 is 2.17 bits per heavy atom. The van der Waals surface area contributed by atoms with Gasteiger partial charge in [-0.1, -0.05) is 25.5 Å². The monoisotopic (exact) mass is 159 g/mol. The van der Waals surface area contributed by atoms with E-state index in [1.807, 2.05) is 19.1 Å². The van der Waals surface area contributed by atoms with Gasteiger partial charge in [0.05, 0.1) is 11.6 Å². The Morgan fingerprint density at radius 3 is 2.75 bits per heavy atom. The van der Waals surface area contributed by atoms with Crippen molar-refractivity contribution in [3.63, 3.8) is 0 Å². The third kappa shape index (κ3) is 1.85. The molecule has 0 aromatic heterocycles. The maximum atomic E-state index is 8.76. The van der Waals surface area contributed by atoms with E-state index in [4.69, 9.17) is 5.26 Å². The van der Waals surface area contributed by atoms with Crippen molar-refractivity contribution in [2.45, 2.75) is 26.7 Å². The van der Waals surface area contributed by atoms with E-state index in [9.17, 15) is 0 Å². The van der Waals surface area contributed by atoms with Crippen LogP contribution in [-0.2, 0) is 6.42 Å². The van der Waals surface area contributed by atoms with Crippen molar-refractivity contribution >= 4 is 0 Å². The summed E-state index contributed by atoms with van der Waals surface area (Å²) in [4.78, 5) is 0. The highest BCUT2D eigenvalue weighted by atomic mass is 14.2. The minimum absolute atomic E-state index is 0.806. The lowest BCUT2D eigenvalue weighted by Crippen LogP contribution is -1.87. The molecule has 0 saturated carbocycles. The van der Waals surface area contributed by atoms with Crippen LogP contribution in [0.1, 0.15) is 30.0 Å². The topological polar surface area (TPSA) is 23.8 Å². The van der Waals surface area contributed by atoms with Crippen LogP contribution >= 0.6 is 0 Å².